The fourth-order valence-corrected chi connectivity index (χ4v) is 5.16. The summed E-state index contributed by atoms with van der Waals surface area (Å²) in [5, 5.41) is 0. The standard InChI is InChI=1S/C16H28N2O4S/c1-4-9-18(10-5-2)15(20)16(7-8-16)14(19)17(3)13-6-11-23(21,22)12-13/h13H,4-12H2,1-3H3. The van der Waals surface area contributed by atoms with E-state index in [1.807, 2.05) is 13.8 Å². The molecule has 2 amide bonds. The highest BCUT2D eigenvalue weighted by Gasteiger charge is 2.59. The quantitative estimate of drug-likeness (QED) is 0.647. The molecule has 0 N–H and O–H groups in total. The maximum Gasteiger partial charge on any atom is 0.238 e. The lowest BCUT2D eigenvalue weighted by molar-refractivity contribution is -0.149. The van der Waals surface area contributed by atoms with Crippen molar-refractivity contribution in [2.75, 3.05) is 31.6 Å². The number of rotatable bonds is 7. The molecule has 1 aliphatic carbocycles. The second kappa shape index (κ2) is 6.79. The van der Waals surface area contributed by atoms with E-state index in [9.17, 15) is 18.0 Å². The molecule has 132 valence electrons. The zero-order valence-corrected chi connectivity index (χ0v) is 15.2. The summed E-state index contributed by atoms with van der Waals surface area (Å²) in [6.45, 7) is 5.38. The van der Waals surface area contributed by atoms with Gasteiger partial charge >= 0.3 is 0 Å². The largest absolute Gasteiger partial charge is 0.342 e. The summed E-state index contributed by atoms with van der Waals surface area (Å²) in [6.07, 6.45) is 3.37. The smallest absolute Gasteiger partial charge is 0.238 e. The van der Waals surface area contributed by atoms with E-state index in [1.165, 1.54) is 4.90 Å². The Balaban J connectivity index is 2.09. The molecule has 0 spiro atoms. The molecule has 2 rings (SSSR count). The molecule has 2 fully saturated rings. The molecule has 7 heteroatoms. The molecule has 0 aromatic carbocycles. The van der Waals surface area contributed by atoms with Crippen LogP contribution < -0.4 is 0 Å². The number of sulfone groups is 1. The van der Waals surface area contributed by atoms with E-state index in [2.05, 4.69) is 0 Å². The molecule has 23 heavy (non-hydrogen) atoms. The summed E-state index contributed by atoms with van der Waals surface area (Å²) in [7, 11) is -1.40. The van der Waals surface area contributed by atoms with E-state index in [-0.39, 0.29) is 29.4 Å². The van der Waals surface area contributed by atoms with Crippen molar-refractivity contribution in [2.45, 2.75) is 52.0 Å². The summed E-state index contributed by atoms with van der Waals surface area (Å²) < 4.78 is 23.3. The highest BCUT2D eigenvalue weighted by atomic mass is 32.2. The van der Waals surface area contributed by atoms with Gasteiger partial charge in [-0.3, -0.25) is 9.59 Å². The molecule has 0 radical (unpaired) electrons. The highest BCUT2D eigenvalue weighted by molar-refractivity contribution is 7.91. The van der Waals surface area contributed by atoms with Crippen molar-refractivity contribution in [3.63, 3.8) is 0 Å². The van der Waals surface area contributed by atoms with Crippen LogP contribution in [0.2, 0.25) is 0 Å². The van der Waals surface area contributed by atoms with Crippen LogP contribution in [0.15, 0.2) is 0 Å². The van der Waals surface area contributed by atoms with Crippen LogP contribution in [0.5, 0.6) is 0 Å². The van der Waals surface area contributed by atoms with E-state index >= 15 is 0 Å². The van der Waals surface area contributed by atoms with Gasteiger partial charge in [-0.05, 0) is 32.1 Å². The van der Waals surface area contributed by atoms with Crippen molar-refractivity contribution in [1.82, 2.24) is 9.80 Å². The van der Waals surface area contributed by atoms with Crippen molar-refractivity contribution < 1.29 is 18.0 Å². The molecule has 6 nitrogen and oxygen atoms in total. The van der Waals surface area contributed by atoms with Gasteiger partial charge in [0.25, 0.3) is 0 Å². The third-order valence-corrected chi connectivity index (χ3v) is 6.67. The monoisotopic (exact) mass is 344 g/mol. The van der Waals surface area contributed by atoms with Gasteiger partial charge in [0.1, 0.15) is 5.41 Å². The van der Waals surface area contributed by atoms with E-state index in [0.717, 1.165) is 12.8 Å². The SMILES string of the molecule is CCCN(CCC)C(=O)C1(C(=O)N(C)C2CCS(=O)(=O)C2)CC1. The van der Waals surface area contributed by atoms with Crippen LogP contribution in [0.4, 0.5) is 0 Å². The summed E-state index contributed by atoms with van der Waals surface area (Å²) in [5.41, 5.74) is -0.925. The Kier molecular flexibility index (Phi) is 5.38. The zero-order chi connectivity index (χ0) is 17.3. The first kappa shape index (κ1) is 18.2. The number of carbonyl (C=O) groups is 2. The first-order valence-electron chi connectivity index (χ1n) is 8.54. The summed E-state index contributed by atoms with van der Waals surface area (Å²) in [4.78, 5) is 29.0. The lowest BCUT2D eigenvalue weighted by Crippen LogP contribution is -2.49. The normalized spacial score (nSPS) is 24.2. The third-order valence-electron chi connectivity index (χ3n) is 4.92. The molecular weight excluding hydrogens is 316 g/mol. The lowest BCUT2D eigenvalue weighted by Gasteiger charge is -2.31. The Bertz CT molecular complexity index is 563. The van der Waals surface area contributed by atoms with Gasteiger partial charge in [-0.1, -0.05) is 13.8 Å². The van der Waals surface area contributed by atoms with Crippen molar-refractivity contribution in [3.05, 3.63) is 0 Å². The van der Waals surface area contributed by atoms with E-state index in [1.54, 1.807) is 11.9 Å². The van der Waals surface area contributed by atoms with Crippen LogP contribution in [-0.4, -0.2) is 67.7 Å². The van der Waals surface area contributed by atoms with Crippen LogP contribution >= 0.6 is 0 Å². The molecule has 1 heterocycles. The van der Waals surface area contributed by atoms with Crippen LogP contribution in [0.3, 0.4) is 0 Å². The molecule has 1 unspecified atom stereocenters. The fourth-order valence-electron chi connectivity index (χ4n) is 3.39. The van der Waals surface area contributed by atoms with E-state index in [0.29, 0.717) is 32.4 Å². The zero-order valence-electron chi connectivity index (χ0n) is 14.4. The molecule has 1 atom stereocenters. The molecular formula is C16H28N2O4S. The number of hydrogen-bond donors (Lipinski definition) is 0. The molecule has 1 saturated carbocycles. The molecule has 0 aromatic heterocycles. The van der Waals surface area contributed by atoms with E-state index in [4.69, 9.17) is 0 Å². The van der Waals surface area contributed by atoms with Gasteiger partial charge in [-0.2, -0.15) is 0 Å². The summed E-state index contributed by atoms with van der Waals surface area (Å²) in [6, 6.07) is -0.288. The van der Waals surface area contributed by atoms with Crippen LogP contribution in [-0.2, 0) is 19.4 Å². The average Bonchev–Trinajstić information content (AvgIpc) is 3.23. The van der Waals surface area contributed by atoms with Crippen molar-refractivity contribution in [1.29, 1.82) is 0 Å². The van der Waals surface area contributed by atoms with Gasteiger partial charge in [0.2, 0.25) is 11.8 Å². The molecule has 2 aliphatic rings. The van der Waals surface area contributed by atoms with Gasteiger partial charge in [0.05, 0.1) is 11.5 Å². The predicted octanol–water partition coefficient (Wildman–Crippen LogP) is 1.06. The van der Waals surface area contributed by atoms with Gasteiger partial charge in [-0.25, -0.2) is 8.42 Å². The predicted molar refractivity (Wildman–Crippen MR) is 88.7 cm³/mol. The second-order valence-electron chi connectivity index (χ2n) is 6.85. The van der Waals surface area contributed by atoms with Crippen molar-refractivity contribution in [2.24, 2.45) is 5.41 Å². The van der Waals surface area contributed by atoms with Gasteiger partial charge in [-0.15, -0.1) is 0 Å². The lowest BCUT2D eigenvalue weighted by atomic mass is 10.0. The first-order chi connectivity index (χ1) is 10.8. The number of nitrogens with zero attached hydrogens (tertiary/aromatic N) is 2. The molecule has 1 saturated heterocycles. The van der Waals surface area contributed by atoms with Gasteiger partial charge in [0, 0.05) is 26.2 Å². The Hall–Kier alpha value is -1.11. The third kappa shape index (κ3) is 3.70. The average molecular weight is 344 g/mol. The number of hydrogen-bond acceptors (Lipinski definition) is 4. The minimum Gasteiger partial charge on any atom is -0.342 e. The Morgan fingerprint density at radius 3 is 2.04 bits per heavy atom. The Morgan fingerprint density at radius 2 is 1.65 bits per heavy atom. The first-order valence-corrected chi connectivity index (χ1v) is 10.4. The topological polar surface area (TPSA) is 74.8 Å². The number of amides is 2. The second-order valence-corrected chi connectivity index (χ2v) is 9.08. The summed E-state index contributed by atoms with van der Waals surface area (Å²) in [5.74, 6) is -0.109. The molecule has 0 aromatic rings. The maximum absolute atomic E-state index is 12.9. The Morgan fingerprint density at radius 1 is 1.09 bits per heavy atom. The minimum atomic E-state index is -3.04. The molecule has 0 bridgehead atoms. The summed E-state index contributed by atoms with van der Waals surface area (Å²) >= 11 is 0. The van der Waals surface area contributed by atoms with Crippen molar-refractivity contribution in [3.8, 4) is 0 Å². The van der Waals surface area contributed by atoms with Crippen molar-refractivity contribution >= 4 is 21.7 Å². The fraction of sp³-hybridized carbons (Fsp3) is 0.875. The van der Waals surface area contributed by atoms with Crippen LogP contribution in [0.1, 0.15) is 46.0 Å². The minimum absolute atomic E-state index is 0.0210. The Labute approximate surface area is 139 Å². The maximum atomic E-state index is 12.9. The van der Waals surface area contributed by atoms with Crippen LogP contribution in [0, 0.1) is 5.41 Å². The van der Waals surface area contributed by atoms with E-state index < -0.39 is 15.3 Å². The highest BCUT2D eigenvalue weighted by Crippen LogP contribution is 2.49. The molecule has 1 aliphatic heterocycles. The van der Waals surface area contributed by atoms with Gasteiger partial charge in [0.15, 0.2) is 9.84 Å². The number of carbonyl (C=O) groups excluding carboxylic acids is 2. The van der Waals surface area contributed by atoms with Gasteiger partial charge < -0.3 is 9.80 Å². The van der Waals surface area contributed by atoms with Crippen LogP contribution in [0.25, 0.3) is 0 Å².